The highest BCUT2D eigenvalue weighted by atomic mass is 15.3. The lowest BCUT2D eigenvalue weighted by atomic mass is 10.2. The molecule has 118 valence electrons. The van der Waals surface area contributed by atoms with E-state index in [9.17, 15) is 0 Å². The number of benzene rings is 1. The first-order chi connectivity index (χ1) is 11.3. The minimum absolute atomic E-state index is 0.530. The summed E-state index contributed by atoms with van der Waals surface area (Å²) in [5.41, 5.74) is 4.09. The SMILES string of the molecule is Cc1nc2ccccc2nc1CN1CCC[C@H]1Cn1cccn1. The second-order valence-corrected chi connectivity index (χ2v) is 6.24. The van der Waals surface area contributed by atoms with E-state index in [1.165, 1.54) is 12.8 Å². The number of hydrogen-bond acceptors (Lipinski definition) is 4. The largest absolute Gasteiger partial charge is 0.293 e. The van der Waals surface area contributed by atoms with Crippen molar-refractivity contribution in [1.82, 2.24) is 24.6 Å². The van der Waals surface area contributed by atoms with Gasteiger partial charge in [-0.15, -0.1) is 0 Å². The van der Waals surface area contributed by atoms with Gasteiger partial charge in [0.1, 0.15) is 0 Å². The molecule has 0 bridgehead atoms. The highest BCUT2D eigenvalue weighted by Crippen LogP contribution is 2.22. The van der Waals surface area contributed by atoms with Crippen LogP contribution in [0.3, 0.4) is 0 Å². The molecule has 1 fully saturated rings. The molecule has 1 aliphatic heterocycles. The van der Waals surface area contributed by atoms with E-state index in [1.54, 1.807) is 0 Å². The Kier molecular flexibility index (Phi) is 3.79. The van der Waals surface area contributed by atoms with Crippen LogP contribution < -0.4 is 0 Å². The summed E-state index contributed by atoms with van der Waals surface area (Å²) >= 11 is 0. The van der Waals surface area contributed by atoms with Crippen LogP contribution in [0.25, 0.3) is 11.0 Å². The van der Waals surface area contributed by atoms with Crippen LogP contribution in [0.2, 0.25) is 0 Å². The maximum absolute atomic E-state index is 4.84. The van der Waals surface area contributed by atoms with Crippen molar-refractivity contribution >= 4 is 11.0 Å². The summed E-state index contributed by atoms with van der Waals surface area (Å²) in [7, 11) is 0. The quantitative estimate of drug-likeness (QED) is 0.743. The fraction of sp³-hybridized carbons (Fsp3) is 0.389. The van der Waals surface area contributed by atoms with Gasteiger partial charge in [-0.05, 0) is 44.5 Å². The zero-order valence-electron chi connectivity index (χ0n) is 13.4. The Labute approximate surface area is 136 Å². The van der Waals surface area contributed by atoms with Crippen LogP contribution in [0.5, 0.6) is 0 Å². The molecule has 1 saturated heterocycles. The van der Waals surface area contributed by atoms with Crippen molar-refractivity contribution in [3.63, 3.8) is 0 Å². The van der Waals surface area contributed by atoms with E-state index in [2.05, 4.69) is 16.9 Å². The zero-order chi connectivity index (χ0) is 15.6. The van der Waals surface area contributed by atoms with Crippen LogP contribution in [-0.4, -0.2) is 37.2 Å². The molecule has 0 unspecified atom stereocenters. The zero-order valence-corrected chi connectivity index (χ0v) is 13.4. The summed E-state index contributed by atoms with van der Waals surface area (Å²) < 4.78 is 2.03. The Morgan fingerprint density at radius 1 is 1.13 bits per heavy atom. The van der Waals surface area contributed by atoms with Crippen molar-refractivity contribution in [2.24, 2.45) is 0 Å². The number of fused-ring (bicyclic) bond motifs is 1. The Balaban J connectivity index is 1.55. The van der Waals surface area contributed by atoms with Crippen molar-refractivity contribution in [3.05, 3.63) is 54.1 Å². The molecule has 1 atom stereocenters. The molecule has 0 amide bonds. The van der Waals surface area contributed by atoms with E-state index in [1.807, 2.05) is 47.4 Å². The van der Waals surface area contributed by atoms with E-state index in [-0.39, 0.29) is 0 Å². The Hall–Kier alpha value is -2.27. The number of nitrogens with zero attached hydrogens (tertiary/aromatic N) is 5. The van der Waals surface area contributed by atoms with Crippen LogP contribution >= 0.6 is 0 Å². The number of aryl methyl sites for hydroxylation is 1. The van der Waals surface area contributed by atoms with Gasteiger partial charge >= 0.3 is 0 Å². The topological polar surface area (TPSA) is 46.8 Å². The van der Waals surface area contributed by atoms with Crippen LogP contribution in [0, 0.1) is 6.92 Å². The van der Waals surface area contributed by atoms with Gasteiger partial charge in [0.2, 0.25) is 0 Å². The lowest BCUT2D eigenvalue weighted by Gasteiger charge is -2.24. The predicted molar refractivity (Wildman–Crippen MR) is 89.9 cm³/mol. The summed E-state index contributed by atoms with van der Waals surface area (Å²) in [5.74, 6) is 0. The summed E-state index contributed by atoms with van der Waals surface area (Å²) in [6.07, 6.45) is 6.35. The van der Waals surface area contributed by atoms with Crippen molar-refractivity contribution in [2.75, 3.05) is 6.54 Å². The van der Waals surface area contributed by atoms with Crippen molar-refractivity contribution in [1.29, 1.82) is 0 Å². The minimum atomic E-state index is 0.530. The highest BCUT2D eigenvalue weighted by molar-refractivity contribution is 5.74. The monoisotopic (exact) mass is 307 g/mol. The summed E-state index contributed by atoms with van der Waals surface area (Å²) in [5, 5.41) is 4.34. The first-order valence-corrected chi connectivity index (χ1v) is 8.23. The van der Waals surface area contributed by atoms with Gasteiger partial charge in [-0.3, -0.25) is 9.58 Å². The van der Waals surface area contributed by atoms with Gasteiger partial charge in [0.15, 0.2) is 0 Å². The van der Waals surface area contributed by atoms with Gasteiger partial charge in [0, 0.05) is 25.0 Å². The van der Waals surface area contributed by atoms with Gasteiger partial charge in [0.25, 0.3) is 0 Å². The van der Waals surface area contributed by atoms with Gasteiger partial charge in [-0.25, -0.2) is 9.97 Å². The van der Waals surface area contributed by atoms with Crippen molar-refractivity contribution in [2.45, 2.75) is 38.9 Å². The molecular weight excluding hydrogens is 286 g/mol. The second kappa shape index (κ2) is 6.08. The Morgan fingerprint density at radius 3 is 2.74 bits per heavy atom. The molecule has 3 heterocycles. The van der Waals surface area contributed by atoms with E-state index in [0.717, 1.165) is 42.1 Å². The van der Waals surface area contributed by atoms with Crippen LogP contribution in [0.1, 0.15) is 24.2 Å². The fourth-order valence-corrected chi connectivity index (χ4v) is 3.40. The standard InChI is InChI=1S/C18H21N5/c1-14-18(21-17-8-3-2-7-16(17)20-14)13-22-10-4-6-15(22)12-23-11-5-9-19-23/h2-3,5,7-9,11,15H,4,6,10,12-13H2,1H3/t15-/m0/s1. The molecule has 4 rings (SSSR count). The maximum Gasteiger partial charge on any atom is 0.0890 e. The molecule has 0 radical (unpaired) electrons. The van der Waals surface area contributed by atoms with Gasteiger partial charge in [-0.1, -0.05) is 12.1 Å². The molecule has 5 nitrogen and oxygen atoms in total. The van der Waals surface area contributed by atoms with Gasteiger partial charge in [-0.2, -0.15) is 5.10 Å². The third-order valence-electron chi connectivity index (χ3n) is 4.65. The molecule has 23 heavy (non-hydrogen) atoms. The normalized spacial score (nSPS) is 18.7. The average Bonchev–Trinajstić information content (AvgIpc) is 3.21. The number of hydrogen-bond donors (Lipinski definition) is 0. The lowest BCUT2D eigenvalue weighted by Crippen LogP contribution is -2.33. The molecule has 2 aromatic heterocycles. The molecule has 1 aromatic carbocycles. The van der Waals surface area contributed by atoms with Crippen LogP contribution in [0.15, 0.2) is 42.7 Å². The molecule has 0 saturated carbocycles. The fourth-order valence-electron chi connectivity index (χ4n) is 3.40. The first kappa shape index (κ1) is 14.3. The molecule has 3 aromatic rings. The number of para-hydroxylation sites is 2. The molecule has 0 aliphatic carbocycles. The van der Waals surface area contributed by atoms with E-state index in [0.29, 0.717) is 6.04 Å². The third-order valence-corrected chi connectivity index (χ3v) is 4.65. The highest BCUT2D eigenvalue weighted by Gasteiger charge is 2.26. The van der Waals surface area contributed by atoms with E-state index in [4.69, 9.17) is 9.97 Å². The van der Waals surface area contributed by atoms with E-state index >= 15 is 0 Å². The lowest BCUT2D eigenvalue weighted by molar-refractivity contribution is 0.216. The third kappa shape index (κ3) is 2.97. The predicted octanol–water partition coefficient (Wildman–Crippen LogP) is 2.80. The second-order valence-electron chi connectivity index (χ2n) is 6.24. The number of rotatable bonds is 4. The van der Waals surface area contributed by atoms with Gasteiger partial charge < -0.3 is 0 Å². The number of aromatic nitrogens is 4. The van der Waals surface area contributed by atoms with E-state index < -0.39 is 0 Å². The minimum Gasteiger partial charge on any atom is -0.293 e. The maximum atomic E-state index is 4.84. The molecular formula is C18H21N5. The molecule has 0 N–H and O–H groups in total. The average molecular weight is 307 g/mol. The Morgan fingerprint density at radius 2 is 1.96 bits per heavy atom. The summed E-state index contributed by atoms with van der Waals surface area (Å²) in [4.78, 5) is 12.1. The number of likely N-dealkylation sites (tertiary alicyclic amines) is 1. The van der Waals surface area contributed by atoms with Crippen molar-refractivity contribution < 1.29 is 0 Å². The smallest absolute Gasteiger partial charge is 0.0890 e. The first-order valence-electron chi connectivity index (χ1n) is 8.23. The molecule has 1 aliphatic rings. The van der Waals surface area contributed by atoms with Crippen molar-refractivity contribution in [3.8, 4) is 0 Å². The Bertz CT molecular complexity index is 796. The summed E-state index contributed by atoms with van der Waals surface area (Å²) in [6, 6.07) is 10.6. The molecule has 5 heteroatoms. The van der Waals surface area contributed by atoms with Gasteiger partial charge in [0.05, 0.1) is 29.0 Å². The van der Waals surface area contributed by atoms with Crippen LogP contribution in [0.4, 0.5) is 0 Å². The molecule has 0 spiro atoms. The summed E-state index contributed by atoms with van der Waals surface area (Å²) in [6.45, 7) is 5.01. The van der Waals surface area contributed by atoms with Crippen LogP contribution in [-0.2, 0) is 13.1 Å².